The average molecular weight is 166 g/mol. The number of rotatable bonds is 1. The van der Waals surface area contributed by atoms with Gasteiger partial charge in [-0.25, -0.2) is 0 Å². The van der Waals surface area contributed by atoms with Gasteiger partial charge in [0.15, 0.2) is 0 Å². The normalized spacial score (nSPS) is 32.9. The molecule has 0 aromatic heterocycles. The Morgan fingerprint density at radius 2 is 2.25 bits per heavy atom. The lowest BCUT2D eigenvalue weighted by Crippen LogP contribution is -2.45. The summed E-state index contributed by atoms with van der Waals surface area (Å²) < 4.78 is 5.57. The minimum atomic E-state index is 0.518. The van der Waals surface area contributed by atoms with E-state index in [-0.39, 0.29) is 0 Å². The Labute approximate surface area is 74.8 Å². The summed E-state index contributed by atoms with van der Waals surface area (Å²) in [6, 6.07) is 0. The van der Waals surface area contributed by atoms with E-state index >= 15 is 0 Å². The van der Waals surface area contributed by atoms with E-state index in [0.717, 1.165) is 19.1 Å². The molecule has 1 saturated heterocycles. The van der Waals surface area contributed by atoms with Crippen LogP contribution in [0, 0.1) is 11.3 Å². The van der Waals surface area contributed by atoms with Crippen molar-refractivity contribution >= 4 is 0 Å². The largest absolute Gasteiger partial charge is 0.381 e. The Bertz CT molecular complexity index is 191. The molecular weight excluding hydrogens is 148 g/mol. The molecule has 0 aromatic carbocycles. The van der Waals surface area contributed by atoms with Crippen molar-refractivity contribution in [2.24, 2.45) is 11.3 Å². The fraction of sp³-hybridized carbons (Fsp3) is 0.818. The molecule has 2 aliphatic rings. The molecule has 1 nitrogen and oxygen atoms in total. The van der Waals surface area contributed by atoms with E-state index in [0.29, 0.717) is 5.41 Å². The second kappa shape index (κ2) is 2.88. The fourth-order valence-corrected chi connectivity index (χ4v) is 2.78. The van der Waals surface area contributed by atoms with E-state index in [9.17, 15) is 0 Å². The predicted molar refractivity (Wildman–Crippen MR) is 50.0 cm³/mol. The Hall–Kier alpha value is -0.300. The van der Waals surface area contributed by atoms with Gasteiger partial charge in [0.25, 0.3) is 0 Å². The third kappa shape index (κ3) is 1.11. The van der Waals surface area contributed by atoms with Crippen LogP contribution < -0.4 is 0 Å². The molecule has 1 unspecified atom stereocenters. The summed E-state index contributed by atoms with van der Waals surface area (Å²) in [5, 5.41) is 0. The summed E-state index contributed by atoms with van der Waals surface area (Å²) in [7, 11) is 0. The second-order valence-electron chi connectivity index (χ2n) is 4.46. The van der Waals surface area contributed by atoms with Crippen LogP contribution in [0.4, 0.5) is 0 Å². The topological polar surface area (TPSA) is 9.23 Å². The number of allylic oxidation sites excluding steroid dienone is 1. The van der Waals surface area contributed by atoms with E-state index in [4.69, 9.17) is 4.74 Å². The van der Waals surface area contributed by atoms with Crippen LogP contribution in [0.3, 0.4) is 0 Å². The van der Waals surface area contributed by atoms with Crippen LogP contribution in [-0.2, 0) is 4.74 Å². The third-order valence-corrected chi connectivity index (χ3v) is 3.62. The molecule has 1 aliphatic heterocycles. The highest BCUT2D eigenvalue weighted by Crippen LogP contribution is 2.52. The van der Waals surface area contributed by atoms with Gasteiger partial charge in [0.1, 0.15) is 0 Å². The molecule has 68 valence electrons. The maximum absolute atomic E-state index is 5.57. The van der Waals surface area contributed by atoms with E-state index in [1.165, 1.54) is 31.3 Å². The van der Waals surface area contributed by atoms with Crippen molar-refractivity contribution in [2.45, 2.75) is 32.6 Å². The summed E-state index contributed by atoms with van der Waals surface area (Å²) >= 11 is 0. The molecule has 1 atom stereocenters. The molecule has 2 fully saturated rings. The summed E-state index contributed by atoms with van der Waals surface area (Å²) in [5.74, 6) is 0.750. The molecule has 1 spiro atoms. The average Bonchev–Trinajstić information content (AvgIpc) is 2.01. The zero-order valence-corrected chi connectivity index (χ0v) is 7.94. The van der Waals surface area contributed by atoms with Crippen molar-refractivity contribution < 1.29 is 4.74 Å². The SMILES string of the molecule is C=C(C)C1CCOCC12CCC2. The zero-order valence-electron chi connectivity index (χ0n) is 7.94. The van der Waals surface area contributed by atoms with Gasteiger partial charge >= 0.3 is 0 Å². The van der Waals surface area contributed by atoms with Crippen molar-refractivity contribution in [1.82, 2.24) is 0 Å². The first-order chi connectivity index (χ1) is 5.75. The van der Waals surface area contributed by atoms with Gasteiger partial charge in [-0.05, 0) is 32.1 Å². The Kier molecular flexibility index (Phi) is 1.99. The minimum Gasteiger partial charge on any atom is -0.381 e. The monoisotopic (exact) mass is 166 g/mol. The van der Waals surface area contributed by atoms with Crippen LogP contribution in [-0.4, -0.2) is 13.2 Å². The summed E-state index contributed by atoms with van der Waals surface area (Å²) in [6.45, 7) is 8.21. The van der Waals surface area contributed by atoms with Crippen LogP contribution in [0.1, 0.15) is 32.6 Å². The first-order valence-electron chi connectivity index (χ1n) is 4.98. The second-order valence-corrected chi connectivity index (χ2v) is 4.46. The van der Waals surface area contributed by atoms with E-state index in [1.54, 1.807) is 0 Å². The highest BCUT2D eigenvalue weighted by molar-refractivity contribution is 5.09. The molecule has 0 bridgehead atoms. The quantitative estimate of drug-likeness (QED) is 0.544. The van der Waals surface area contributed by atoms with Gasteiger partial charge in [0, 0.05) is 12.0 Å². The van der Waals surface area contributed by atoms with Gasteiger partial charge in [-0.1, -0.05) is 18.6 Å². The highest BCUT2D eigenvalue weighted by atomic mass is 16.5. The third-order valence-electron chi connectivity index (χ3n) is 3.62. The van der Waals surface area contributed by atoms with Crippen LogP contribution in [0.2, 0.25) is 0 Å². The first-order valence-corrected chi connectivity index (χ1v) is 4.98. The number of hydrogen-bond acceptors (Lipinski definition) is 1. The van der Waals surface area contributed by atoms with Gasteiger partial charge < -0.3 is 4.74 Å². The molecule has 1 aliphatic carbocycles. The Morgan fingerprint density at radius 3 is 2.67 bits per heavy atom. The molecule has 0 N–H and O–H groups in total. The van der Waals surface area contributed by atoms with Gasteiger partial charge in [0.05, 0.1) is 6.61 Å². The standard InChI is InChI=1S/C11H18O/c1-9(2)10-4-7-12-8-11(10)5-3-6-11/h10H,1,3-8H2,2H3. The summed E-state index contributed by atoms with van der Waals surface area (Å²) in [6.07, 6.45) is 5.33. The van der Waals surface area contributed by atoms with E-state index < -0.39 is 0 Å². The summed E-state index contributed by atoms with van der Waals surface area (Å²) in [4.78, 5) is 0. The van der Waals surface area contributed by atoms with Crippen molar-refractivity contribution in [3.8, 4) is 0 Å². The molecule has 1 heterocycles. The first kappa shape index (κ1) is 8.31. The Balaban J connectivity index is 2.11. The lowest BCUT2D eigenvalue weighted by molar-refractivity contribution is -0.0847. The number of ether oxygens (including phenoxy) is 1. The molecule has 1 heteroatoms. The molecule has 1 saturated carbocycles. The van der Waals surface area contributed by atoms with Crippen LogP contribution in [0.5, 0.6) is 0 Å². The summed E-state index contributed by atoms with van der Waals surface area (Å²) in [5.41, 5.74) is 1.89. The lowest BCUT2D eigenvalue weighted by atomic mass is 9.58. The van der Waals surface area contributed by atoms with Crippen molar-refractivity contribution in [2.75, 3.05) is 13.2 Å². The van der Waals surface area contributed by atoms with Gasteiger partial charge in [-0.2, -0.15) is 0 Å². The lowest BCUT2D eigenvalue weighted by Gasteiger charge is -2.50. The predicted octanol–water partition coefficient (Wildman–Crippen LogP) is 2.77. The van der Waals surface area contributed by atoms with E-state index in [2.05, 4.69) is 13.5 Å². The molecule has 2 rings (SSSR count). The highest BCUT2D eigenvalue weighted by Gasteiger charge is 2.46. The van der Waals surface area contributed by atoms with Crippen molar-refractivity contribution in [1.29, 1.82) is 0 Å². The zero-order chi connectivity index (χ0) is 8.60. The Morgan fingerprint density at radius 1 is 1.50 bits per heavy atom. The molecular formula is C11H18O. The van der Waals surface area contributed by atoms with Crippen molar-refractivity contribution in [3.05, 3.63) is 12.2 Å². The molecule has 0 radical (unpaired) electrons. The smallest absolute Gasteiger partial charge is 0.0528 e. The van der Waals surface area contributed by atoms with Crippen LogP contribution in [0.15, 0.2) is 12.2 Å². The van der Waals surface area contributed by atoms with Crippen molar-refractivity contribution in [3.63, 3.8) is 0 Å². The van der Waals surface area contributed by atoms with Crippen LogP contribution >= 0.6 is 0 Å². The maximum Gasteiger partial charge on any atom is 0.0528 e. The van der Waals surface area contributed by atoms with Crippen LogP contribution in [0.25, 0.3) is 0 Å². The maximum atomic E-state index is 5.57. The van der Waals surface area contributed by atoms with Gasteiger partial charge in [-0.15, -0.1) is 0 Å². The van der Waals surface area contributed by atoms with E-state index in [1.807, 2.05) is 0 Å². The van der Waals surface area contributed by atoms with Gasteiger partial charge in [-0.3, -0.25) is 0 Å². The fourth-order valence-electron chi connectivity index (χ4n) is 2.78. The molecule has 12 heavy (non-hydrogen) atoms. The minimum absolute atomic E-state index is 0.518. The van der Waals surface area contributed by atoms with Gasteiger partial charge in [0.2, 0.25) is 0 Å². The molecule has 0 aromatic rings. The number of hydrogen-bond donors (Lipinski definition) is 0. The molecule has 0 amide bonds.